The molecule has 0 aliphatic carbocycles. The zero-order valence-electron chi connectivity index (χ0n) is 14.1. The van der Waals surface area contributed by atoms with Gasteiger partial charge in [0.05, 0.1) is 33.7 Å². The minimum Gasteiger partial charge on any atom is -0.291 e. The van der Waals surface area contributed by atoms with Crippen LogP contribution < -0.4 is 10.6 Å². The van der Waals surface area contributed by atoms with Crippen LogP contribution in [0.1, 0.15) is 36.8 Å². The number of benzene rings is 1. The average Bonchev–Trinajstić information content (AvgIpc) is 2.47. The lowest BCUT2D eigenvalue weighted by atomic mass is 9.91. The van der Waals surface area contributed by atoms with Crippen LogP contribution in [-0.2, 0) is 6.42 Å². The zero-order valence-corrected chi connectivity index (χ0v) is 15.6. The Hall–Kier alpha value is -2.18. The van der Waals surface area contributed by atoms with Crippen molar-refractivity contribution in [2.45, 2.75) is 27.2 Å². The summed E-state index contributed by atoms with van der Waals surface area (Å²) in [4.78, 5) is 32.4. The molecule has 0 aliphatic heterocycles. The molecule has 0 unspecified atom stereocenters. The maximum absolute atomic E-state index is 12.1. The van der Waals surface area contributed by atoms with Crippen molar-refractivity contribution in [2.75, 3.05) is 5.32 Å². The molecule has 0 bridgehead atoms. The minimum absolute atomic E-state index is 0.0348. The molecule has 25 heavy (non-hydrogen) atoms. The number of carbonyl (C=O) groups excluding carboxylic acids is 2. The molecule has 8 heteroatoms. The van der Waals surface area contributed by atoms with Gasteiger partial charge in [0.25, 0.3) is 5.91 Å². The molecular formula is C17H18Cl2N4O2. The number of anilines is 1. The van der Waals surface area contributed by atoms with Gasteiger partial charge in [-0.3, -0.25) is 20.4 Å². The average molecular weight is 381 g/mol. The Morgan fingerprint density at radius 1 is 1.08 bits per heavy atom. The molecule has 2 rings (SSSR count). The molecule has 0 spiro atoms. The van der Waals surface area contributed by atoms with Crippen molar-refractivity contribution in [3.63, 3.8) is 0 Å². The van der Waals surface area contributed by atoms with Gasteiger partial charge in [-0.15, -0.1) is 0 Å². The van der Waals surface area contributed by atoms with Crippen LogP contribution in [0.25, 0.3) is 0 Å². The summed E-state index contributed by atoms with van der Waals surface area (Å²) in [5, 5.41) is 4.91. The monoisotopic (exact) mass is 380 g/mol. The molecule has 3 amide bonds. The molecule has 0 atom stereocenters. The van der Waals surface area contributed by atoms with E-state index in [-0.39, 0.29) is 26.8 Å². The van der Waals surface area contributed by atoms with Crippen molar-refractivity contribution in [2.24, 2.45) is 5.41 Å². The van der Waals surface area contributed by atoms with Crippen LogP contribution >= 0.6 is 23.2 Å². The van der Waals surface area contributed by atoms with Crippen LogP contribution in [0.3, 0.4) is 0 Å². The summed E-state index contributed by atoms with van der Waals surface area (Å²) in [6.45, 7) is 6.29. The number of amides is 3. The number of rotatable bonds is 3. The first kappa shape index (κ1) is 19.1. The molecule has 0 fully saturated rings. The number of urea groups is 1. The molecule has 0 aliphatic rings. The number of nitrogens with zero attached hydrogens (tertiary/aromatic N) is 2. The summed E-state index contributed by atoms with van der Waals surface area (Å²) in [7, 11) is 0. The maximum Gasteiger partial charge on any atom is 0.327 e. The van der Waals surface area contributed by atoms with Crippen molar-refractivity contribution < 1.29 is 9.59 Å². The second-order valence-corrected chi connectivity index (χ2v) is 7.45. The van der Waals surface area contributed by atoms with Crippen molar-refractivity contribution in [1.29, 1.82) is 0 Å². The number of carbonyl (C=O) groups is 2. The first-order chi connectivity index (χ1) is 11.7. The molecule has 132 valence electrons. The van der Waals surface area contributed by atoms with Gasteiger partial charge in [-0.1, -0.05) is 50.0 Å². The third-order valence-corrected chi connectivity index (χ3v) is 3.71. The number of halogens is 2. The van der Waals surface area contributed by atoms with E-state index >= 15 is 0 Å². The van der Waals surface area contributed by atoms with Gasteiger partial charge in [0.2, 0.25) is 0 Å². The van der Waals surface area contributed by atoms with Gasteiger partial charge in [0.1, 0.15) is 0 Å². The van der Waals surface area contributed by atoms with Gasteiger partial charge in [0.15, 0.2) is 5.82 Å². The van der Waals surface area contributed by atoms with E-state index in [9.17, 15) is 9.59 Å². The normalized spacial score (nSPS) is 11.1. The predicted molar refractivity (Wildman–Crippen MR) is 98.1 cm³/mol. The highest BCUT2D eigenvalue weighted by Gasteiger charge is 2.17. The van der Waals surface area contributed by atoms with Gasteiger partial charge < -0.3 is 0 Å². The smallest absolute Gasteiger partial charge is 0.291 e. The van der Waals surface area contributed by atoms with E-state index in [4.69, 9.17) is 23.2 Å². The number of aromatic nitrogens is 2. The first-order valence-electron chi connectivity index (χ1n) is 7.53. The van der Waals surface area contributed by atoms with Crippen molar-refractivity contribution in [1.82, 2.24) is 15.3 Å². The summed E-state index contributed by atoms with van der Waals surface area (Å²) in [6.07, 6.45) is 3.79. The molecule has 6 nitrogen and oxygen atoms in total. The van der Waals surface area contributed by atoms with E-state index in [2.05, 4.69) is 41.4 Å². The van der Waals surface area contributed by atoms with Crippen molar-refractivity contribution >= 4 is 41.0 Å². The fourth-order valence-electron chi connectivity index (χ4n) is 2.08. The maximum atomic E-state index is 12.1. The quantitative estimate of drug-likeness (QED) is 0.829. The summed E-state index contributed by atoms with van der Waals surface area (Å²) >= 11 is 11.9. The lowest BCUT2D eigenvalue weighted by molar-refractivity contribution is 0.0967. The highest BCUT2D eigenvalue weighted by atomic mass is 35.5. The highest BCUT2D eigenvalue weighted by molar-refractivity contribution is 6.40. The van der Waals surface area contributed by atoms with Gasteiger partial charge in [-0.25, -0.2) is 9.78 Å². The number of hydrogen-bond acceptors (Lipinski definition) is 4. The van der Waals surface area contributed by atoms with E-state index in [1.54, 1.807) is 12.3 Å². The fourth-order valence-corrected chi connectivity index (χ4v) is 2.65. The largest absolute Gasteiger partial charge is 0.327 e. The van der Waals surface area contributed by atoms with Crippen LogP contribution in [-0.4, -0.2) is 21.9 Å². The summed E-state index contributed by atoms with van der Waals surface area (Å²) in [5.74, 6) is -0.473. The van der Waals surface area contributed by atoms with Crippen molar-refractivity contribution in [3.05, 3.63) is 51.9 Å². The van der Waals surface area contributed by atoms with E-state index in [1.807, 2.05) is 0 Å². The zero-order chi connectivity index (χ0) is 18.6. The van der Waals surface area contributed by atoms with E-state index in [0.29, 0.717) is 0 Å². The highest BCUT2D eigenvalue weighted by Crippen LogP contribution is 2.24. The van der Waals surface area contributed by atoms with Crippen LogP contribution in [0, 0.1) is 5.41 Å². The third-order valence-electron chi connectivity index (χ3n) is 3.08. The Bertz CT molecular complexity index is 766. The molecular weight excluding hydrogens is 363 g/mol. The standard InChI is InChI=1S/C17H18Cl2N4O2/c1-17(2,3)7-10-8-21-13(9-20-10)22-16(25)23-15(24)14-11(18)5-4-6-12(14)19/h4-6,8-9H,7H2,1-3H3,(H2,21,22,23,24,25). The first-order valence-corrected chi connectivity index (χ1v) is 8.28. The molecule has 1 heterocycles. The Kier molecular flexibility index (Phi) is 5.98. The lowest BCUT2D eigenvalue weighted by Gasteiger charge is -2.17. The minimum atomic E-state index is -0.751. The molecule has 0 saturated carbocycles. The molecule has 0 radical (unpaired) electrons. The molecule has 1 aromatic carbocycles. The number of nitrogens with one attached hydrogen (secondary N) is 2. The van der Waals surface area contributed by atoms with E-state index < -0.39 is 11.9 Å². The van der Waals surface area contributed by atoms with Crippen LogP contribution in [0.15, 0.2) is 30.6 Å². The van der Waals surface area contributed by atoms with E-state index in [0.717, 1.165) is 12.1 Å². The van der Waals surface area contributed by atoms with Gasteiger partial charge in [-0.2, -0.15) is 0 Å². The lowest BCUT2D eigenvalue weighted by Crippen LogP contribution is -2.35. The van der Waals surface area contributed by atoms with Gasteiger partial charge in [0, 0.05) is 0 Å². The van der Waals surface area contributed by atoms with Crippen molar-refractivity contribution in [3.8, 4) is 0 Å². The van der Waals surface area contributed by atoms with Gasteiger partial charge >= 0.3 is 6.03 Å². The topological polar surface area (TPSA) is 84.0 Å². The van der Waals surface area contributed by atoms with Crippen LogP contribution in [0.2, 0.25) is 10.0 Å². The second kappa shape index (κ2) is 7.80. The third kappa shape index (κ3) is 5.69. The predicted octanol–water partition coefficient (Wildman–Crippen LogP) is 4.33. The molecule has 2 N–H and O–H groups in total. The number of imide groups is 1. The summed E-state index contributed by atoms with van der Waals surface area (Å²) in [6, 6.07) is 3.88. The summed E-state index contributed by atoms with van der Waals surface area (Å²) in [5.41, 5.74) is 0.937. The Morgan fingerprint density at radius 3 is 2.24 bits per heavy atom. The Balaban J connectivity index is 1.99. The summed E-state index contributed by atoms with van der Waals surface area (Å²) < 4.78 is 0. The van der Waals surface area contributed by atoms with Crippen LogP contribution in [0.5, 0.6) is 0 Å². The van der Waals surface area contributed by atoms with Gasteiger partial charge in [-0.05, 0) is 24.0 Å². The molecule has 1 aromatic heterocycles. The SMILES string of the molecule is CC(C)(C)Cc1cnc(NC(=O)NC(=O)c2c(Cl)cccc2Cl)cn1. The van der Waals surface area contributed by atoms with E-state index in [1.165, 1.54) is 18.3 Å². The number of hydrogen-bond donors (Lipinski definition) is 2. The second-order valence-electron chi connectivity index (χ2n) is 6.64. The molecule has 0 saturated heterocycles. The Labute approximate surface area is 156 Å². The Morgan fingerprint density at radius 2 is 1.72 bits per heavy atom. The fraction of sp³-hybridized carbons (Fsp3) is 0.294. The molecule has 2 aromatic rings. The van der Waals surface area contributed by atoms with Crippen LogP contribution in [0.4, 0.5) is 10.6 Å².